The molecule has 0 unspecified atom stereocenters. The SMILES string of the molecule is O=C(c1cc(-c2ccc(Cl)c(Cl)c2)nc2ccccc12)N1N=C(C(F)F)C[C@@]1(O)C(F)F. The minimum absolute atomic E-state index is 0.0273. The lowest BCUT2D eigenvalue weighted by atomic mass is 10.0. The van der Waals surface area contributed by atoms with E-state index >= 15 is 0 Å². The molecule has 3 aromatic rings. The predicted octanol–water partition coefficient (Wildman–Crippen LogP) is 5.63. The fraction of sp³-hybridized carbons (Fsp3) is 0.190. The van der Waals surface area contributed by atoms with Gasteiger partial charge in [0, 0.05) is 17.4 Å². The third-order valence-electron chi connectivity index (χ3n) is 4.99. The van der Waals surface area contributed by atoms with Crippen LogP contribution >= 0.6 is 23.2 Å². The summed E-state index contributed by atoms with van der Waals surface area (Å²) in [5, 5.41) is 14.5. The zero-order valence-corrected chi connectivity index (χ0v) is 17.5. The molecule has 0 saturated carbocycles. The maximum atomic E-state index is 13.6. The van der Waals surface area contributed by atoms with Crippen LogP contribution in [0.2, 0.25) is 10.0 Å². The third-order valence-corrected chi connectivity index (χ3v) is 5.73. The molecular weight excluding hydrogens is 473 g/mol. The second kappa shape index (κ2) is 8.31. The van der Waals surface area contributed by atoms with E-state index in [0.717, 1.165) is 0 Å². The first kappa shape index (κ1) is 22.4. The summed E-state index contributed by atoms with van der Waals surface area (Å²) in [4.78, 5) is 17.7. The van der Waals surface area contributed by atoms with E-state index in [1.165, 1.54) is 24.3 Å². The van der Waals surface area contributed by atoms with Gasteiger partial charge in [-0.3, -0.25) is 4.79 Å². The van der Waals surface area contributed by atoms with Gasteiger partial charge in [-0.2, -0.15) is 10.1 Å². The summed E-state index contributed by atoms with van der Waals surface area (Å²) in [6.45, 7) is 0. The molecule has 1 atom stereocenters. The summed E-state index contributed by atoms with van der Waals surface area (Å²) < 4.78 is 53.5. The molecule has 32 heavy (non-hydrogen) atoms. The van der Waals surface area contributed by atoms with Crippen LogP contribution in [0.1, 0.15) is 16.8 Å². The number of hydrogen-bond acceptors (Lipinski definition) is 4. The Morgan fingerprint density at radius 1 is 1.06 bits per heavy atom. The van der Waals surface area contributed by atoms with E-state index in [1.807, 2.05) is 0 Å². The van der Waals surface area contributed by atoms with Gasteiger partial charge in [0.05, 0.1) is 26.8 Å². The number of pyridine rings is 1. The predicted molar refractivity (Wildman–Crippen MR) is 112 cm³/mol. The van der Waals surface area contributed by atoms with Crippen molar-refractivity contribution in [1.82, 2.24) is 9.99 Å². The summed E-state index contributed by atoms with van der Waals surface area (Å²) in [6.07, 6.45) is -7.91. The zero-order valence-electron chi connectivity index (χ0n) is 15.9. The number of hydrogen-bond donors (Lipinski definition) is 1. The van der Waals surface area contributed by atoms with Crippen LogP contribution in [0.25, 0.3) is 22.2 Å². The molecule has 11 heteroatoms. The summed E-state index contributed by atoms with van der Waals surface area (Å²) >= 11 is 12.0. The molecule has 0 radical (unpaired) electrons. The first-order chi connectivity index (χ1) is 15.1. The molecule has 0 saturated heterocycles. The van der Waals surface area contributed by atoms with Crippen molar-refractivity contribution in [1.29, 1.82) is 0 Å². The molecule has 0 spiro atoms. The maximum absolute atomic E-state index is 13.6. The number of alkyl halides is 4. The van der Waals surface area contributed by atoms with Gasteiger partial charge in [0.15, 0.2) is 0 Å². The molecule has 1 amide bonds. The molecule has 2 aromatic carbocycles. The fourth-order valence-corrected chi connectivity index (χ4v) is 3.67. The number of para-hydroxylation sites is 1. The molecule has 1 aliphatic rings. The van der Waals surface area contributed by atoms with Crippen LogP contribution in [0.5, 0.6) is 0 Å². The first-order valence-electron chi connectivity index (χ1n) is 9.17. The molecule has 0 fully saturated rings. The number of aliphatic hydroxyl groups is 1. The van der Waals surface area contributed by atoms with Gasteiger partial charge in [-0.15, -0.1) is 0 Å². The lowest BCUT2D eigenvalue weighted by Crippen LogP contribution is -2.51. The zero-order chi connectivity index (χ0) is 23.2. The molecule has 166 valence electrons. The van der Waals surface area contributed by atoms with E-state index in [9.17, 15) is 27.5 Å². The standard InChI is InChI=1S/C21H13Cl2F4N3O2/c22-13-6-5-10(7-14(13)23)16-8-12(11-3-1-2-4-15(11)28-16)19(31)30-21(32,20(26)27)9-17(29-30)18(24)25/h1-8,18,20,32H,9H2/t21-/m1/s1. The maximum Gasteiger partial charge on any atom is 0.287 e. The van der Waals surface area contributed by atoms with Crippen molar-refractivity contribution in [2.45, 2.75) is 25.0 Å². The van der Waals surface area contributed by atoms with Gasteiger partial charge in [-0.1, -0.05) is 47.5 Å². The lowest BCUT2D eigenvalue weighted by molar-refractivity contribution is -0.164. The number of hydrazone groups is 1. The van der Waals surface area contributed by atoms with E-state index < -0.39 is 36.6 Å². The number of carbonyl (C=O) groups is 1. The largest absolute Gasteiger partial charge is 0.364 e. The molecule has 0 bridgehead atoms. The van der Waals surface area contributed by atoms with Gasteiger partial charge < -0.3 is 5.11 Å². The Bertz CT molecular complexity index is 1250. The minimum Gasteiger partial charge on any atom is -0.364 e. The number of halogens is 6. The highest BCUT2D eigenvalue weighted by atomic mass is 35.5. The average molecular weight is 486 g/mol. The third kappa shape index (κ3) is 3.80. The van der Waals surface area contributed by atoms with Crippen molar-refractivity contribution in [3.63, 3.8) is 0 Å². The number of benzene rings is 2. The van der Waals surface area contributed by atoms with E-state index in [0.29, 0.717) is 16.1 Å². The molecule has 1 aromatic heterocycles. The van der Waals surface area contributed by atoms with Gasteiger partial charge in [0.2, 0.25) is 5.72 Å². The van der Waals surface area contributed by atoms with E-state index in [2.05, 4.69) is 10.1 Å². The topological polar surface area (TPSA) is 65.8 Å². The van der Waals surface area contributed by atoms with Crippen molar-refractivity contribution in [3.8, 4) is 11.3 Å². The van der Waals surface area contributed by atoms with Crippen LogP contribution in [-0.4, -0.2) is 45.3 Å². The number of amides is 1. The Morgan fingerprint density at radius 2 is 1.78 bits per heavy atom. The van der Waals surface area contributed by atoms with Crippen molar-refractivity contribution < 1.29 is 27.5 Å². The van der Waals surface area contributed by atoms with Crippen LogP contribution in [0.4, 0.5) is 17.6 Å². The highest BCUT2D eigenvalue weighted by Gasteiger charge is 2.53. The molecule has 1 aliphatic heterocycles. The molecule has 0 aliphatic carbocycles. The molecule has 4 rings (SSSR count). The Balaban J connectivity index is 1.89. The van der Waals surface area contributed by atoms with Gasteiger partial charge in [-0.05, 0) is 24.3 Å². The van der Waals surface area contributed by atoms with E-state index in [-0.39, 0.29) is 26.7 Å². The molecule has 1 N–H and O–H groups in total. The Kier molecular flexibility index (Phi) is 5.83. The quantitative estimate of drug-likeness (QED) is 0.487. The van der Waals surface area contributed by atoms with Gasteiger partial charge >= 0.3 is 0 Å². The smallest absolute Gasteiger partial charge is 0.287 e. The summed E-state index contributed by atoms with van der Waals surface area (Å²) in [5.41, 5.74) is -3.31. The van der Waals surface area contributed by atoms with E-state index in [1.54, 1.807) is 24.3 Å². The fourth-order valence-electron chi connectivity index (χ4n) is 3.37. The van der Waals surface area contributed by atoms with Crippen LogP contribution in [-0.2, 0) is 0 Å². The Morgan fingerprint density at radius 3 is 2.44 bits per heavy atom. The van der Waals surface area contributed by atoms with Crippen LogP contribution in [0.3, 0.4) is 0 Å². The molecular formula is C21H13Cl2F4N3O2. The molecule has 5 nitrogen and oxygen atoms in total. The summed E-state index contributed by atoms with van der Waals surface area (Å²) in [7, 11) is 0. The summed E-state index contributed by atoms with van der Waals surface area (Å²) in [5.74, 6) is -1.18. The lowest BCUT2D eigenvalue weighted by Gasteiger charge is -2.30. The van der Waals surface area contributed by atoms with Gasteiger partial charge in [-0.25, -0.2) is 22.5 Å². The van der Waals surface area contributed by atoms with Crippen LogP contribution in [0.15, 0.2) is 53.6 Å². The first-order valence-corrected chi connectivity index (χ1v) is 9.93. The Hall–Kier alpha value is -2.75. The second-order valence-corrected chi connectivity index (χ2v) is 7.88. The van der Waals surface area contributed by atoms with E-state index in [4.69, 9.17) is 23.2 Å². The highest BCUT2D eigenvalue weighted by molar-refractivity contribution is 6.42. The van der Waals surface area contributed by atoms with Crippen molar-refractivity contribution in [2.75, 3.05) is 0 Å². The van der Waals surface area contributed by atoms with Gasteiger partial charge in [0.25, 0.3) is 18.8 Å². The number of fused-ring (bicyclic) bond motifs is 1. The van der Waals surface area contributed by atoms with Gasteiger partial charge in [0.1, 0.15) is 5.71 Å². The molecule has 2 heterocycles. The minimum atomic E-state index is -3.53. The number of aromatic nitrogens is 1. The second-order valence-electron chi connectivity index (χ2n) is 7.07. The van der Waals surface area contributed by atoms with Crippen LogP contribution in [0, 0.1) is 0 Å². The van der Waals surface area contributed by atoms with Crippen molar-refractivity contribution in [2.24, 2.45) is 5.10 Å². The number of rotatable bonds is 4. The Labute approximate surface area is 188 Å². The van der Waals surface area contributed by atoms with Crippen molar-refractivity contribution in [3.05, 3.63) is 64.1 Å². The van der Waals surface area contributed by atoms with Crippen molar-refractivity contribution >= 4 is 45.7 Å². The number of carbonyl (C=O) groups excluding carboxylic acids is 1. The summed E-state index contributed by atoms with van der Waals surface area (Å²) in [6, 6.07) is 12.3. The monoisotopic (exact) mass is 485 g/mol. The van der Waals surface area contributed by atoms with Crippen LogP contribution < -0.4 is 0 Å². The highest BCUT2D eigenvalue weighted by Crippen LogP contribution is 2.36. The number of nitrogens with zero attached hydrogens (tertiary/aromatic N) is 3. The normalized spacial score (nSPS) is 18.7. The average Bonchev–Trinajstić information content (AvgIpc) is 3.13.